The van der Waals surface area contributed by atoms with Crippen molar-refractivity contribution in [1.29, 1.82) is 0 Å². The quantitative estimate of drug-likeness (QED) is 0.851. The average molecular weight is 297 g/mol. The standard InChI is InChI=1S/C13H16FN3O2S/c1-2-12-15-9-13(17-12)20(18,19)16-7-6-10-4-3-5-11(14)8-10/h3-5,8-9,16H,2,6-7H2,1H3,(H,15,17). The maximum absolute atomic E-state index is 13.0. The minimum absolute atomic E-state index is 0.0496. The summed E-state index contributed by atoms with van der Waals surface area (Å²) >= 11 is 0. The number of nitrogens with one attached hydrogen (secondary N) is 2. The number of benzene rings is 1. The van der Waals surface area contributed by atoms with Gasteiger partial charge in [-0.25, -0.2) is 22.5 Å². The third-order valence-electron chi connectivity index (χ3n) is 2.82. The SMILES string of the molecule is CCc1ncc(S(=O)(=O)NCCc2cccc(F)c2)[nH]1. The Morgan fingerprint density at radius 1 is 1.40 bits per heavy atom. The number of aryl methyl sites for hydroxylation is 1. The Labute approximate surface area is 117 Å². The first-order valence-electron chi connectivity index (χ1n) is 6.29. The summed E-state index contributed by atoms with van der Waals surface area (Å²) < 4.78 is 39.4. The van der Waals surface area contributed by atoms with Crippen molar-refractivity contribution in [2.75, 3.05) is 6.54 Å². The molecule has 0 aliphatic rings. The molecule has 0 saturated carbocycles. The highest BCUT2D eigenvalue weighted by molar-refractivity contribution is 7.89. The van der Waals surface area contributed by atoms with Crippen LogP contribution < -0.4 is 4.72 Å². The zero-order chi connectivity index (χ0) is 14.6. The predicted octanol–water partition coefficient (Wildman–Crippen LogP) is 1.63. The molecule has 0 radical (unpaired) electrons. The van der Waals surface area contributed by atoms with E-state index in [1.807, 2.05) is 6.92 Å². The number of H-pyrrole nitrogens is 1. The van der Waals surface area contributed by atoms with Crippen LogP contribution in [0.3, 0.4) is 0 Å². The fraction of sp³-hybridized carbons (Fsp3) is 0.308. The van der Waals surface area contributed by atoms with Gasteiger partial charge in [0.05, 0.1) is 6.20 Å². The third-order valence-corrected chi connectivity index (χ3v) is 4.19. The Hall–Kier alpha value is -1.73. The second-order valence-corrected chi connectivity index (χ2v) is 6.06. The first-order chi connectivity index (χ1) is 9.51. The molecule has 1 aromatic carbocycles. The molecule has 0 bridgehead atoms. The molecule has 0 unspecified atom stereocenters. The first kappa shape index (κ1) is 14.7. The topological polar surface area (TPSA) is 74.8 Å². The van der Waals surface area contributed by atoms with Crippen molar-refractivity contribution in [2.24, 2.45) is 0 Å². The van der Waals surface area contributed by atoms with E-state index < -0.39 is 10.0 Å². The number of sulfonamides is 1. The van der Waals surface area contributed by atoms with E-state index in [1.54, 1.807) is 12.1 Å². The highest BCUT2D eigenvalue weighted by Gasteiger charge is 2.16. The van der Waals surface area contributed by atoms with Crippen LogP contribution in [-0.4, -0.2) is 24.9 Å². The van der Waals surface area contributed by atoms with Crippen LogP contribution in [0.1, 0.15) is 18.3 Å². The lowest BCUT2D eigenvalue weighted by molar-refractivity contribution is 0.578. The van der Waals surface area contributed by atoms with E-state index in [0.29, 0.717) is 18.7 Å². The maximum atomic E-state index is 13.0. The molecule has 7 heteroatoms. The summed E-state index contributed by atoms with van der Waals surface area (Å²) in [5, 5.41) is 0.0496. The molecule has 2 N–H and O–H groups in total. The molecule has 0 aliphatic carbocycles. The number of halogens is 1. The Morgan fingerprint density at radius 2 is 2.20 bits per heavy atom. The summed E-state index contributed by atoms with van der Waals surface area (Å²) in [6.07, 6.45) is 2.36. The third kappa shape index (κ3) is 3.64. The Kier molecular flexibility index (Phi) is 4.51. The van der Waals surface area contributed by atoms with E-state index in [2.05, 4.69) is 14.7 Å². The number of nitrogens with zero attached hydrogens (tertiary/aromatic N) is 1. The van der Waals surface area contributed by atoms with Crippen LogP contribution in [0.15, 0.2) is 35.5 Å². The molecule has 0 spiro atoms. The summed E-state index contributed by atoms with van der Waals surface area (Å²) in [5.74, 6) is 0.294. The predicted molar refractivity (Wildman–Crippen MR) is 73.3 cm³/mol. The lowest BCUT2D eigenvalue weighted by Gasteiger charge is -2.05. The van der Waals surface area contributed by atoms with Crippen molar-refractivity contribution in [3.8, 4) is 0 Å². The lowest BCUT2D eigenvalue weighted by atomic mass is 10.1. The molecular weight excluding hydrogens is 281 g/mol. The summed E-state index contributed by atoms with van der Waals surface area (Å²) in [5.41, 5.74) is 0.742. The number of aromatic amines is 1. The van der Waals surface area contributed by atoms with Crippen LogP contribution >= 0.6 is 0 Å². The zero-order valence-electron chi connectivity index (χ0n) is 11.1. The van der Waals surface area contributed by atoms with Gasteiger partial charge >= 0.3 is 0 Å². The number of rotatable bonds is 6. The van der Waals surface area contributed by atoms with E-state index in [9.17, 15) is 12.8 Å². The smallest absolute Gasteiger partial charge is 0.257 e. The fourth-order valence-electron chi connectivity index (χ4n) is 1.76. The highest BCUT2D eigenvalue weighted by atomic mass is 32.2. The molecule has 2 aromatic rings. The van der Waals surface area contributed by atoms with Crippen molar-refractivity contribution >= 4 is 10.0 Å². The summed E-state index contributed by atoms with van der Waals surface area (Å²) in [6.45, 7) is 2.08. The van der Waals surface area contributed by atoms with Crippen molar-refractivity contribution in [3.63, 3.8) is 0 Å². The molecule has 0 fully saturated rings. The van der Waals surface area contributed by atoms with Gasteiger partial charge in [0.2, 0.25) is 0 Å². The molecule has 1 aromatic heterocycles. The van der Waals surface area contributed by atoms with Crippen molar-refractivity contribution in [1.82, 2.24) is 14.7 Å². The molecule has 0 atom stereocenters. The van der Waals surface area contributed by atoms with Crippen LogP contribution in [0.5, 0.6) is 0 Å². The van der Waals surface area contributed by atoms with Crippen molar-refractivity contribution < 1.29 is 12.8 Å². The van der Waals surface area contributed by atoms with Crippen molar-refractivity contribution in [2.45, 2.75) is 24.8 Å². The first-order valence-corrected chi connectivity index (χ1v) is 7.77. The zero-order valence-corrected chi connectivity index (χ0v) is 11.9. The molecule has 20 heavy (non-hydrogen) atoms. The van der Waals surface area contributed by atoms with E-state index in [4.69, 9.17) is 0 Å². The Morgan fingerprint density at radius 3 is 2.85 bits per heavy atom. The van der Waals surface area contributed by atoms with Gasteiger partial charge in [0.15, 0.2) is 5.03 Å². The molecule has 0 aliphatic heterocycles. The molecule has 0 saturated heterocycles. The van der Waals surface area contributed by atoms with E-state index in [0.717, 1.165) is 5.56 Å². The molecule has 0 amide bonds. The minimum atomic E-state index is -3.59. The second kappa shape index (κ2) is 6.15. The summed E-state index contributed by atoms with van der Waals surface area (Å²) in [4.78, 5) is 6.69. The van der Waals surface area contributed by atoms with E-state index in [-0.39, 0.29) is 17.4 Å². The maximum Gasteiger partial charge on any atom is 0.257 e. The van der Waals surface area contributed by atoms with Gasteiger partial charge in [-0.05, 0) is 24.1 Å². The number of hydrogen-bond acceptors (Lipinski definition) is 3. The Balaban J connectivity index is 1.96. The normalized spacial score (nSPS) is 11.7. The van der Waals surface area contributed by atoms with Gasteiger partial charge < -0.3 is 4.98 Å². The number of aromatic nitrogens is 2. The van der Waals surface area contributed by atoms with Gasteiger partial charge in [-0.1, -0.05) is 19.1 Å². The largest absolute Gasteiger partial charge is 0.332 e. The molecule has 5 nitrogen and oxygen atoms in total. The number of hydrogen-bond donors (Lipinski definition) is 2. The molecule has 2 rings (SSSR count). The van der Waals surface area contributed by atoms with Crippen molar-refractivity contribution in [3.05, 3.63) is 47.7 Å². The fourth-order valence-corrected chi connectivity index (χ4v) is 2.73. The minimum Gasteiger partial charge on any atom is -0.332 e. The molecule has 1 heterocycles. The van der Waals surface area contributed by atoms with E-state index >= 15 is 0 Å². The van der Waals surface area contributed by atoms with Crippen LogP contribution in [0.2, 0.25) is 0 Å². The van der Waals surface area contributed by atoms with Crippen LogP contribution in [-0.2, 0) is 22.9 Å². The van der Waals surface area contributed by atoms with Gasteiger partial charge in [-0.3, -0.25) is 0 Å². The summed E-state index contributed by atoms with van der Waals surface area (Å²) in [6, 6.07) is 6.09. The number of imidazole rings is 1. The van der Waals surface area contributed by atoms with Gasteiger partial charge in [0, 0.05) is 13.0 Å². The van der Waals surface area contributed by atoms with Crippen LogP contribution in [0.4, 0.5) is 4.39 Å². The van der Waals surface area contributed by atoms with Crippen LogP contribution in [0.25, 0.3) is 0 Å². The molecule has 108 valence electrons. The van der Waals surface area contributed by atoms with Gasteiger partial charge in [-0.15, -0.1) is 0 Å². The summed E-state index contributed by atoms with van der Waals surface area (Å²) in [7, 11) is -3.59. The Bertz CT molecular complexity index is 682. The lowest BCUT2D eigenvalue weighted by Crippen LogP contribution is -2.26. The van der Waals surface area contributed by atoms with Gasteiger partial charge in [0.25, 0.3) is 10.0 Å². The second-order valence-electron chi connectivity index (χ2n) is 4.33. The van der Waals surface area contributed by atoms with Gasteiger partial charge in [0.1, 0.15) is 11.6 Å². The van der Waals surface area contributed by atoms with E-state index in [1.165, 1.54) is 18.3 Å². The monoisotopic (exact) mass is 297 g/mol. The average Bonchev–Trinajstić information content (AvgIpc) is 2.88. The molecular formula is C13H16FN3O2S. The van der Waals surface area contributed by atoms with Crippen LogP contribution in [0, 0.1) is 5.82 Å². The van der Waals surface area contributed by atoms with Gasteiger partial charge in [-0.2, -0.15) is 0 Å². The highest BCUT2D eigenvalue weighted by Crippen LogP contribution is 2.07.